The van der Waals surface area contributed by atoms with Crippen molar-refractivity contribution in [3.8, 4) is 0 Å². The van der Waals surface area contributed by atoms with Gasteiger partial charge in [-0.25, -0.2) is 4.39 Å². The predicted molar refractivity (Wildman–Crippen MR) is 104 cm³/mol. The summed E-state index contributed by atoms with van der Waals surface area (Å²) in [6.45, 7) is 9.07. The maximum Gasteiger partial charge on any atom is 0.228 e. The van der Waals surface area contributed by atoms with Crippen LogP contribution >= 0.6 is 0 Å². The van der Waals surface area contributed by atoms with E-state index in [0.717, 1.165) is 17.0 Å². The molecule has 0 radical (unpaired) electrons. The number of morpholine rings is 1. The first kappa shape index (κ1) is 19.4. The molecule has 0 aliphatic carbocycles. The maximum absolute atomic E-state index is 14.7. The lowest BCUT2D eigenvalue weighted by molar-refractivity contribution is -0.115. The Kier molecular flexibility index (Phi) is 5.51. The molecular weight excluding hydrogens is 347 g/mol. The van der Waals surface area contributed by atoms with Gasteiger partial charge in [0.1, 0.15) is 5.82 Å². The van der Waals surface area contributed by atoms with Crippen molar-refractivity contribution in [2.45, 2.75) is 46.3 Å². The number of hydrogen-bond acceptors (Lipinski definition) is 4. The van der Waals surface area contributed by atoms with E-state index in [1.807, 2.05) is 39.6 Å². The third-order valence-electron chi connectivity index (χ3n) is 4.99. The predicted octanol–water partition coefficient (Wildman–Crippen LogP) is 2.97. The number of ether oxygens (including phenoxy) is 1. The van der Waals surface area contributed by atoms with Crippen molar-refractivity contribution in [2.75, 3.05) is 23.3 Å². The summed E-state index contributed by atoms with van der Waals surface area (Å²) in [4.78, 5) is 14.4. The van der Waals surface area contributed by atoms with Gasteiger partial charge < -0.3 is 15.0 Å². The van der Waals surface area contributed by atoms with Crippen LogP contribution in [0.1, 0.15) is 30.8 Å². The first-order valence-electron chi connectivity index (χ1n) is 9.23. The zero-order valence-corrected chi connectivity index (χ0v) is 16.5. The molecule has 1 amide bonds. The summed E-state index contributed by atoms with van der Waals surface area (Å²) in [5.41, 5.74) is 3.69. The average molecular weight is 374 g/mol. The fourth-order valence-corrected chi connectivity index (χ4v) is 3.65. The van der Waals surface area contributed by atoms with Crippen molar-refractivity contribution in [1.82, 2.24) is 9.78 Å². The molecule has 2 heterocycles. The molecule has 1 aromatic heterocycles. The van der Waals surface area contributed by atoms with Crippen LogP contribution in [-0.2, 0) is 23.0 Å². The number of aryl methyl sites for hydroxylation is 2. The highest BCUT2D eigenvalue weighted by atomic mass is 19.1. The number of nitrogens with zero attached hydrogens (tertiary/aromatic N) is 3. The van der Waals surface area contributed by atoms with Crippen molar-refractivity contribution in [3.63, 3.8) is 0 Å². The van der Waals surface area contributed by atoms with Crippen LogP contribution in [-0.4, -0.2) is 41.0 Å². The van der Waals surface area contributed by atoms with Gasteiger partial charge >= 0.3 is 0 Å². The highest BCUT2D eigenvalue weighted by molar-refractivity contribution is 5.92. The normalized spacial score (nSPS) is 20.0. The van der Waals surface area contributed by atoms with Gasteiger partial charge in [-0.2, -0.15) is 5.10 Å². The molecule has 0 saturated carbocycles. The number of benzene rings is 1. The van der Waals surface area contributed by atoms with E-state index in [1.54, 1.807) is 16.8 Å². The van der Waals surface area contributed by atoms with E-state index < -0.39 is 0 Å². The summed E-state index contributed by atoms with van der Waals surface area (Å²) in [5.74, 6) is -0.530. The number of halogens is 1. The summed E-state index contributed by atoms with van der Waals surface area (Å²) in [6, 6.07) is 4.83. The molecule has 1 aliphatic heterocycles. The SMILES string of the molecule is Cc1nn(C)c(C)c1CC(=O)Nc1ccc(N2C[C@H](C)O[C@@H](C)C2)c(F)c1. The molecule has 1 fully saturated rings. The van der Waals surface area contributed by atoms with E-state index >= 15 is 0 Å². The highest BCUT2D eigenvalue weighted by Gasteiger charge is 2.24. The third-order valence-corrected chi connectivity index (χ3v) is 4.99. The van der Waals surface area contributed by atoms with Gasteiger partial charge in [-0.3, -0.25) is 9.48 Å². The number of aromatic nitrogens is 2. The molecule has 2 aromatic rings. The lowest BCUT2D eigenvalue weighted by Crippen LogP contribution is -2.45. The van der Waals surface area contributed by atoms with Crippen LogP contribution in [0.2, 0.25) is 0 Å². The second-order valence-corrected chi connectivity index (χ2v) is 7.33. The number of carbonyl (C=O) groups is 1. The molecule has 1 aromatic carbocycles. The van der Waals surface area contributed by atoms with E-state index in [-0.39, 0.29) is 30.4 Å². The van der Waals surface area contributed by atoms with Gasteiger partial charge in [-0.05, 0) is 45.9 Å². The number of anilines is 2. The van der Waals surface area contributed by atoms with Crippen LogP contribution in [0.25, 0.3) is 0 Å². The van der Waals surface area contributed by atoms with Gasteiger partial charge in [-0.1, -0.05) is 0 Å². The Morgan fingerprint density at radius 3 is 2.52 bits per heavy atom. The van der Waals surface area contributed by atoms with Crippen LogP contribution in [0.15, 0.2) is 18.2 Å². The van der Waals surface area contributed by atoms with Crippen LogP contribution in [0, 0.1) is 19.7 Å². The zero-order valence-electron chi connectivity index (χ0n) is 16.5. The zero-order chi connectivity index (χ0) is 19.7. The maximum atomic E-state index is 14.7. The van der Waals surface area contributed by atoms with E-state index in [4.69, 9.17) is 4.74 Å². The standard InChI is InChI=1S/C20H27FN4O2/c1-12-10-25(11-13(2)27-12)19-7-6-16(8-18(19)21)22-20(26)9-17-14(3)23-24(5)15(17)4/h6-8,12-13H,9-11H2,1-5H3,(H,22,26)/t12-,13-/m0/s1. The molecule has 1 saturated heterocycles. The quantitative estimate of drug-likeness (QED) is 0.894. The lowest BCUT2D eigenvalue weighted by Gasteiger charge is -2.37. The van der Waals surface area contributed by atoms with Gasteiger partial charge in [-0.15, -0.1) is 0 Å². The van der Waals surface area contributed by atoms with E-state index in [9.17, 15) is 9.18 Å². The molecule has 2 atom stereocenters. The Bertz CT molecular complexity index is 839. The smallest absolute Gasteiger partial charge is 0.228 e. The van der Waals surface area contributed by atoms with Gasteiger partial charge in [0.2, 0.25) is 5.91 Å². The molecule has 3 rings (SSSR count). The molecular formula is C20H27FN4O2. The average Bonchev–Trinajstić information content (AvgIpc) is 2.80. The minimum atomic E-state index is -0.345. The van der Waals surface area contributed by atoms with Crippen molar-refractivity contribution in [1.29, 1.82) is 0 Å². The van der Waals surface area contributed by atoms with Crippen LogP contribution in [0.4, 0.5) is 15.8 Å². The Morgan fingerprint density at radius 2 is 1.96 bits per heavy atom. The molecule has 1 N–H and O–H groups in total. The number of rotatable bonds is 4. The van der Waals surface area contributed by atoms with Crippen molar-refractivity contribution >= 4 is 17.3 Å². The first-order valence-corrected chi connectivity index (χ1v) is 9.23. The van der Waals surface area contributed by atoms with Gasteiger partial charge in [0.25, 0.3) is 0 Å². The van der Waals surface area contributed by atoms with Crippen LogP contribution in [0.3, 0.4) is 0 Å². The number of amides is 1. The molecule has 1 aliphatic rings. The highest BCUT2D eigenvalue weighted by Crippen LogP contribution is 2.26. The number of nitrogens with one attached hydrogen (secondary N) is 1. The Hall–Kier alpha value is -2.41. The fraction of sp³-hybridized carbons (Fsp3) is 0.500. The van der Waals surface area contributed by atoms with Crippen LogP contribution < -0.4 is 10.2 Å². The molecule has 0 unspecified atom stereocenters. The Labute approximate surface area is 159 Å². The fourth-order valence-electron chi connectivity index (χ4n) is 3.65. The third kappa shape index (κ3) is 4.30. The molecule has 7 heteroatoms. The largest absolute Gasteiger partial charge is 0.372 e. The van der Waals surface area contributed by atoms with E-state index in [2.05, 4.69) is 10.4 Å². The Morgan fingerprint density at radius 1 is 1.30 bits per heavy atom. The monoisotopic (exact) mass is 374 g/mol. The second kappa shape index (κ2) is 7.68. The summed E-state index contributed by atoms with van der Waals surface area (Å²) in [6.07, 6.45) is 0.324. The molecule has 146 valence electrons. The summed E-state index contributed by atoms with van der Waals surface area (Å²) in [7, 11) is 1.85. The molecule has 6 nitrogen and oxygen atoms in total. The van der Waals surface area contributed by atoms with Crippen LogP contribution in [0.5, 0.6) is 0 Å². The molecule has 0 bridgehead atoms. The summed E-state index contributed by atoms with van der Waals surface area (Å²) in [5, 5.41) is 7.10. The minimum Gasteiger partial charge on any atom is -0.372 e. The summed E-state index contributed by atoms with van der Waals surface area (Å²) >= 11 is 0. The van der Waals surface area contributed by atoms with Crippen molar-refractivity contribution in [3.05, 3.63) is 41.0 Å². The lowest BCUT2D eigenvalue weighted by atomic mass is 10.1. The topological polar surface area (TPSA) is 59.4 Å². The van der Waals surface area contributed by atoms with E-state index in [0.29, 0.717) is 24.5 Å². The Balaban J connectivity index is 1.69. The minimum absolute atomic E-state index is 0.0542. The van der Waals surface area contributed by atoms with E-state index in [1.165, 1.54) is 6.07 Å². The second-order valence-electron chi connectivity index (χ2n) is 7.33. The van der Waals surface area contributed by atoms with Gasteiger partial charge in [0, 0.05) is 37.1 Å². The van der Waals surface area contributed by atoms with Crippen molar-refractivity contribution in [2.24, 2.45) is 7.05 Å². The van der Waals surface area contributed by atoms with Gasteiger partial charge in [0.05, 0.1) is 30.0 Å². The molecule has 27 heavy (non-hydrogen) atoms. The van der Waals surface area contributed by atoms with Crippen molar-refractivity contribution < 1.29 is 13.9 Å². The first-order chi connectivity index (χ1) is 12.7. The summed E-state index contributed by atoms with van der Waals surface area (Å²) < 4.78 is 22.1. The number of hydrogen-bond donors (Lipinski definition) is 1. The number of carbonyl (C=O) groups excluding carboxylic acids is 1. The van der Waals surface area contributed by atoms with Gasteiger partial charge in [0.15, 0.2) is 0 Å². The molecule has 0 spiro atoms.